The van der Waals surface area contributed by atoms with E-state index in [1.165, 1.54) is 42.6 Å². The quantitative estimate of drug-likeness (QED) is 0.310. The first-order valence-corrected chi connectivity index (χ1v) is 13.1. The van der Waals surface area contributed by atoms with Gasteiger partial charge in [-0.15, -0.1) is 0 Å². The second-order valence-electron chi connectivity index (χ2n) is 9.45. The lowest BCUT2D eigenvalue weighted by Gasteiger charge is -2.34. The molecule has 0 saturated carbocycles. The van der Waals surface area contributed by atoms with Crippen molar-refractivity contribution in [3.05, 3.63) is 72.4 Å². The highest BCUT2D eigenvalue weighted by molar-refractivity contribution is 7.80. The number of carbonyl (C=O) groups excluding carboxylic acids is 2. The van der Waals surface area contributed by atoms with Crippen LogP contribution in [0.25, 0.3) is 0 Å². The van der Waals surface area contributed by atoms with E-state index in [0.717, 1.165) is 25.9 Å². The van der Waals surface area contributed by atoms with E-state index in [4.69, 9.17) is 17.0 Å². The maximum atomic E-state index is 14.8. The van der Waals surface area contributed by atoms with Crippen molar-refractivity contribution in [1.29, 1.82) is 0 Å². The number of rotatable bonds is 8. The molecule has 0 spiro atoms. The van der Waals surface area contributed by atoms with Crippen molar-refractivity contribution in [2.45, 2.75) is 25.3 Å². The summed E-state index contributed by atoms with van der Waals surface area (Å²) in [7, 11) is 3.82. The van der Waals surface area contributed by atoms with Gasteiger partial charge in [-0.05, 0) is 63.3 Å². The summed E-state index contributed by atoms with van der Waals surface area (Å²) in [5, 5.41) is 8.00. The Morgan fingerprint density at radius 3 is 2.52 bits per heavy atom. The molecule has 3 aromatic rings. The van der Waals surface area contributed by atoms with Crippen LogP contribution in [0.5, 0.6) is 11.5 Å². The molecule has 1 aliphatic rings. The van der Waals surface area contributed by atoms with Crippen LogP contribution in [-0.2, 0) is 4.79 Å². The lowest BCUT2D eigenvalue weighted by Crippen LogP contribution is -2.46. The molecule has 3 N–H and O–H groups in total. The van der Waals surface area contributed by atoms with Crippen LogP contribution in [-0.4, -0.2) is 64.9 Å². The number of halogens is 2. The third-order valence-corrected chi connectivity index (χ3v) is 6.68. The van der Waals surface area contributed by atoms with Crippen molar-refractivity contribution in [3.8, 4) is 11.5 Å². The molecule has 1 saturated heterocycles. The van der Waals surface area contributed by atoms with E-state index in [0.29, 0.717) is 5.69 Å². The van der Waals surface area contributed by atoms with Gasteiger partial charge in [-0.2, -0.15) is 0 Å². The average molecular weight is 569 g/mol. The molecule has 0 bridgehead atoms. The monoisotopic (exact) mass is 568 g/mol. The number of piperidine rings is 1. The van der Waals surface area contributed by atoms with Crippen molar-refractivity contribution >= 4 is 46.3 Å². The highest BCUT2D eigenvalue weighted by Crippen LogP contribution is 2.28. The highest BCUT2D eigenvalue weighted by atomic mass is 32.1. The number of nitrogens with zero attached hydrogens (tertiary/aromatic N) is 3. The minimum absolute atomic E-state index is 0.0472. The van der Waals surface area contributed by atoms with Gasteiger partial charge in [0.15, 0.2) is 11.6 Å². The van der Waals surface area contributed by atoms with Gasteiger partial charge in [0.05, 0.1) is 17.1 Å². The van der Waals surface area contributed by atoms with Crippen LogP contribution in [0.4, 0.5) is 30.8 Å². The van der Waals surface area contributed by atoms with E-state index in [1.54, 1.807) is 30.1 Å². The summed E-state index contributed by atoms with van der Waals surface area (Å²) in [6.07, 6.45) is 3.03. The fourth-order valence-corrected chi connectivity index (χ4v) is 4.43. The third kappa shape index (κ3) is 7.93. The summed E-state index contributed by atoms with van der Waals surface area (Å²) in [6, 6.07) is 12.8. The smallest absolute Gasteiger partial charge is 0.323 e. The van der Waals surface area contributed by atoms with E-state index < -0.39 is 17.5 Å². The van der Waals surface area contributed by atoms with Gasteiger partial charge in [0.2, 0.25) is 5.91 Å². The Kier molecular flexibility index (Phi) is 9.56. The molecule has 0 atom stereocenters. The first-order chi connectivity index (χ1) is 19.2. The number of ether oxygens (including phenoxy) is 1. The summed E-state index contributed by atoms with van der Waals surface area (Å²) < 4.78 is 34.2. The standard InChI is InChI=1S/C28H30F2N6O3S/c1-35-13-10-19(11-14-35)36(2)28(38)34-25-16-20(9-12-31-25)39-24-8-7-18(15-22(24)30)32-27(40)17-26(37)33-23-6-4-3-5-21(23)29/h3-9,12,15-16,19H,10-11,13-14,17H2,1-2H3,(H,32,40)(H,33,37)(H,31,34,38). The van der Waals surface area contributed by atoms with E-state index in [1.807, 2.05) is 0 Å². The highest BCUT2D eigenvalue weighted by Gasteiger charge is 2.24. The van der Waals surface area contributed by atoms with E-state index >= 15 is 0 Å². The molecule has 1 aliphatic heterocycles. The van der Waals surface area contributed by atoms with Crippen LogP contribution in [0.1, 0.15) is 19.3 Å². The minimum Gasteiger partial charge on any atom is -0.454 e. The van der Waals surface area contributed by atoms with Gasteiger partial charge in [0, 0.05) is 37.1 Å². The number of amides is 3. The van der Waals surface area contributed by atoms with Crippen molar-refractivity contribution in [2.24, 2.45) is 0 Å². The van der Waals surface area contributed by atoms with Gasteiger partial charge in [0.1, 0.15) is 17.4 Å². The molecule has 4 rings (SSSR count). The third-order valence-electron chi connectivity index (χ3n) is 6.44. The molecule has 0 radical (unpaired) electrons. The zero-order valence-electron chi connectivity index (χ0n) is 22.1. The molecule has 2 heterocycles. The molecule has 9 nitrogen and oxygen atoms in total. The minimum atomic E-state index is -0.673. The number of carbonyl (C=O) groups is 2. The Labute approximate surface area is 236 Å². The number of aromatic nitrogens is 1. The maximum absolute atomic E-state index is 14.8. The van der Waals surface area contributed by atoms with Crippen LogP contribution >= 0.6 is 12.2 Å². The van der Waals surface area contributed by atoms with Crippen molar-refractivity contribution < 1.29 is 23.1 Å². The van der Waals surface area contributed by atoms with Gasteiger partial charge in [-0.1, -0.05) is 24.4 Å². The van der Waals surface area contributed by atoms with Crippen molar-refractivity contribution in [2.75, 3.05) is 43.1 Å². The van der Waals surface area contributed by atoms with Gasteiger partial charge in [-0.3, -0.25) is 10.1 Å². The molecule has 2 aromatic carbocycles. The number of hydrogen-bond acceptors (Lipinski definition) is 6. The predicted molar refractivity (Wildman–Crippen MR) is 154 cm³/mol. The number of urea groups is 1. The fraction of sp³-hybridized carbons (Fsp3) is 0.286. The first kappa shape index (κ1) is 28.8. The Hall–Kier alpha value is -4.16. The van der Waals surface area contributed by atoms with Crippen LogP contribution in [0, 0.1) is 11.6 Å². The Morgan fingerprint density at radius 1 is 1.05 bits per heavy atom. The normalized spacial score (nSPS) is 13.8. The van der Waals surface area contributed by atoms with Crippen LogP contribution in [0.3, 0.4) is 0 Å². The van der Waals surface area contributed by atoms with Gasteiger partial charge >= 0.3 is 6.03 Å². The number of hydrogen-bond donors (Lipinski definition) is 3. The second kappa shape index (κ2) is 13.3. The molecule has 1 fully saturated rings. The van der Waals surface area contributed by atoms with Crippen molar-refractivity contribution in [3.63, 3.8) is 0 Å². The Morgan fingerprint density at radius 2 is 1.80 bits per heavy atom. The van der Waals surface area contributed by atoms with Gasteiger partial charge < -0.3 is 25.2 Å². The number of nitrogens with one attached hydrogen (secondary N) is 3. The molecular weight excluding hydrogens is 538 g/mol. The summed E-state index contributed by atoms with van der Waals surface area (Å²) in [4.78, 5) is 33.1. The molecule has 1 aromatic heterocycles. The number of anilines is 3. The summed E-state index contributed by atoms with van der Waals surface area (Å²) >= 11 is 5.19. The molecule has 0 aliphatic carbocycles. The number of pyridine rings is 1. The average Bonchev–Trinajstić information content (AvgIpc) is 2.91. The molecule has 40 heavy (non-hydrogen) atoms. The first-order valence-electron chi connectivity index (χ1n) is 12.7. The maximum Gasteiger partial charge on any atom is 0.323 e. The Balaban J connectivity index is 1.31. The number of benzene rings is 2. The summed E-state index contributed by atoms with van der Waals surface area (Å²) in [5.74, 6) is -1.24. The van der Waals surface area contributed by atoms with E-state index in [-0.39, 0.29) is 46.5 Å². The van der Waals surface area contributed by atoms with Crippen LogP contribution in [0.2, 0.25) is 0 Å². The molecular formula is C28H30F2N6O3S. The number of likely N-dealkylation sites (tertiary alicyclic amines) is 1. The number of thiocarbonyl (C=S) groups is 1. The Bertz CT molecular complexity index is 1380. The van der Waals surface area contributed by atoms with Gasteiger partial charge in [-0.25, -0.2) is 18.6 Å². The fourth-order valence-electron chi connectivity index (χ4n) is 4.19. The lowest BCUT2D eigenvalue weighted by atomic mass is 10.0. The largest absolute Gasteiger partial charge is 0.454 e. The second-order valence-corrected chi connectivity index (χ2v) is 9.95. The lowest BCUT2D eigenvalue weighted by molar-refractivity contribution is -0.115. The zero-order valence-corrected chi connectivity index (χ0v) is 22.9. The molecule has 210 valence electrons. The number of para-hydroxylation sites is 1. The van der Waals surface area contributed by atoms with Crippen molar-refractivity contribution in [1.82, 2.24) is 14.8 Å². The summed E-state index contributed by atoms with van der Waals surface area (Å²) in [5.41, 5.74) is 0.360. The molecule has 3 amide bonds. The molecule has 0 unspecified atom stereocenters. The summed E-state index contributed by atoms with van der Waals surface area (Å²) in [6.45, 7) is 1.86. The van der Waals surface area contributed by atoms with Crippen LogP contribution < -0.4 is 20.7 Å². The molecule has 12 heteroatoms. The topological polar surface area (TPSA) is 98.8 Å². The van der Waals surface area contributed by atoms with Crippen LogP contribution in [0.15, 0.2) is 60.8 Å². The van der Waals surface area contributed by atoms with Gasteiger partial charge in [0.25, 0.3) is 0 Å². The van der Waals surface area contributed by atoms with E-state index in [2.05, 4.69) is 32.9 Å². The van der Waals surface area contributed by atoms with E-state index in [9.17, 15) is 18.4 Å². The SMILES string of the molecule is CN1CCC(N(C)C(=O)Nc2cc(Oc3ccc(NC(=S)CC(=O)Nc4ccccc4F)cc3F)ccn2)CC1. The predicted octanol–water partition coefficient (Wildman–Crippen LogP) is 5.48. The zero-order chi connectivity index (χ0) is 28.6.